The van der Waals surface area contributed by atoms with E-state index in [2.05, 4.69) is 41.3 Å². The molecule has 0 spiro atoms. The van der Waals surface area contributed by atoms with Crippen LogP contribution >= 0.6 is 0 Å². The minimum Gasteiger partial charge on any atom is -0.281 e. The highest BCUT2D eigenvalue weighted by atomic mass is 15.2. The number of hydrogen-bond acceptors (Lipinski definition) is 2. The molecule has 0 radical (unpaired) electrons. The maximum absolute atomic E-state index is 9.08. The van der Waals surface area contributed by atoms with Crippen molar-refractivity contribution in [1.29, 1.82) is 5.26 Å². The van der Waals surface area contributed by atoms with Crippen molar-refractivity contribution in [2.75, 3.05) is 6.54 Å². The quantitative estimate of drug-likeness (QED) is 0.733. The molecule has 0 saturated carbocycles. The lowest BCUT2D eigenvalue weighted by Crippen LogP contribution is -2.30. The molecule has 2 heteroatoms. The lowest BCUT2D eigenvalue weighted by atomic mass is 10.0. The van der Waals surface area contributed by atoms with Gasteiger partial charge in [-0.3, -0.25) is 4.90 Å². The number of fused-ring (bicyclic) bond motifs is 1. The molecule has 2 atom stereocenters. The second kappa shape index (κ2) is 4.35. The van der Waals surface area contributed by atoms with E-state index < -0.39 is 0 Å². The lowest BCUT2D eigenvalue weighted by molar-refractivity contribution is 0.295. The molecule has 2 fully saturated rings. The second-order valence-electron chi connectivity index (χ2n) is 4.86. The highest BCUT2D eigenvalue weighted by Crippen LogP contribution is 2.36. The Morgan fingerprint density at radius 2 is 2.06 bits per heavy atom. The summed E-state index contributed by atoms with van der Waals surface area (Å²) in [6.07, 6.45) is 5.62. The molecule has 0 aliphatic carbocycles. The first-order valence-corrected chi connectivity index (χ1v) is 6.29. The van der Waals surface area contributed by atoms with Crippen molar-refractivity contribution in [2.45, 2.75) is 31.3 Å². The van der Waals surface area contributed by atoms with E-state index in [1.165, 1.54) is 11.1 Å². The van der Waals surface area contributed by atoms with Crippen LogP contribution in [0, 0.1) is 11.3 Å². The molecule has 0 aromatic heterocycles. The molecule has 1 aromatic rings. The highest BCUT2D eigenvalue weighted by molar-refractivity contribution is 5.55. The first-order valence-electron chi connectivity index (χ1n) is 6.29. The van der Waals surface area contributed by atoms with E-state index in [-0.39, 0.29) is 6.04 Å². The van der Waals surface area contributed by atoms with Crippen LogP contribution < -0.4 is 0 Å². The van der Waals surface area contributed by atoms with Crippen molar-refractivity contribution in [3.8, 4) is 6.07 Å². The summed E-state index contributed by atoms with van der Waals surface area (Å²) >= 11 is 0. The Kier molecular flexibility index (Phi) is 2.70. The van der Waals surface area contributed by atoms with Crippen LogP contribution in [0.25, 0.3) is 6.08 Å². The van der Waals surface area contributed by atoms with Crippen molar-refractivity contribution in [2.24, 2.45) is 0 Å². The van der Waals surface area contributed by atoms with Crippen LogP contribution in [-0.4, -0.2) is 23.5 Å². The molecule has 0 N–H and O–H groups in total. The van der Waals surface area contributed by atoms with Crippen LogP contribution in [0.1, 0.15) is 24.8 Å². The molecule has 17 heavy (non-hydrogen) atoms. The van der Waals surface area contributed by atoms with Gasteiger partial charge >= 0.3 is 0 Å². The lowest BCUT2D eigenvalue weighted by Gasteiger charge is -2.17. The van der Waals surface area contributed by atoms with E-state index in [9.17, 15) is 0 Å². The average molecular weight is 224 g/mol. The van der Waals surface area contributed by atoms with E-state index in [1.54, 1.807) is 0 Å². The largest absolute Gasteiger partial charge is 0.281 e. The molecular formula is C15H16N2. The summed E-state index contributed by atoms with van der Waals surface area (Å²) in [6, 6.07) is 13.6. The van der Waals surface area contributed by atoms with Crippen LogP contribution in [0.15, 0.2) is 35.9 Å². The number of nitrogens with zero attached hydrogens (tertiary/aromatic N) is 2. The summed E-state index contributed by atoms with van der Waals surface area (Å²) in [5.41, 5.74) is 2.79. The summed E-state index contributed by atoms with van der Waals surface area (Å²) in [4.78, 5) is 2.37. The van der Waals surface area contributed by atoms with Gasteiger partial charge in [0.1, 0.15) is 0 Å². The molecule has 2 aliphatic rings. The van der Waals surface area contributed by atoms with Gasteiger partial charge in [0.25, 0.3) is 0 Å². The number of nitriles is 1. The number of hydrogen-bond donors (Lipinski definition) is 0. The molecule has 86 valence electrons. The maximum Gasteiger partial charge on any atom is 0.0983 e. The molecule has 2 aliphatic heterocycles. The van der Waals surface area contributed by atoms with E-state index >= 15 is 0 Å². The van der Waals surface area contributed by atoms with E-state index in [4.69, 9.17) is 5.26 Å². The van der Waals surface area contributed by atoms with Crippen molar-refractivity contribution in [3.63, 3.8) is 0 Å². The molecule has 0 amide bonds. The molecule has 3 rings (SSSR count). The maximum atomic E-state index is 9.08. The molecule has 0 bridgehead atoms. The Labute approximate surface area is 102 Å². The van der Waals surface area contributed by atoms with E-state index in [1.807, 2.05) is 6.07 Å². The normalized spacial score (nSPS) is 30.4. The summed E-state index contributed by atoms with van der Waals surface area (Å²) < 4.78 is 0. The molecule has 0 unspecified atom stereocenters. The van der Waals surface area contributed by atoms with Gasteiger partial charge in [0.15, 0.2) is 0 Å². The summed E-state index contributed by atoms with van der Waals surface area (Å²) in [7, 11) is 0. The zero-order chi connectivity index (χ0) is 11.7. The molecular weight excluding hydrogens is 208 g/mol. The van der Waals surface area contributed by atoms with Gasteiger partial charge in [-0.1, -0.05) is 42.0 Å². The van der Waals surface area contributed by atoms with Crippen LogP contribution in [0.3, 0.4) is 0 Å². The van der Waals surface area contributed by atoms with Gasteiger partial charge in [0.2, 0.25) is 0 Å². The van der Waals surface area contributed by atoms with Crippen LogP contribution in [0.4, 0.5) is 0 Å². The smallest absolute Gasteiger partial charge is 0.0983 e. The zero-order valence-corrected chi connectivity index (χ0v) is 9.84. The first kappa shape index (κ1) is 10.6. The summed E-state index contributed by atoms with van der Waals surface area (Å²) in [5, 5.41) is 9.08. The van der Waals surface area contributed by atoms with E-state index in [0.29, 0.717) is 6.04 Å². The fraction of sp³-hybridized carbons (Fsp3) is 0.400. The fourth-order valence-corrected chi connectivity index (χ4v) is 3.07. The second-order valence-corrected chi connectivity index (χ2v) is 4.86. The summed E-state index contributed by atoms with van der Waals surface area (Å²) in [6.45, 7) is 1.06. The van der Waals surface area contributed by atoms with Crippen LogP contribution in [0.2, 0.25) is 0 Å². The monoisotopic (exact) mass is 224 g/mol. The van der Waals surface area contributed by atoms with Crippen LogP contribution in [0.5, 0.6) is 0 Å². The van der Waals surface area contributed by atoms with Crippen molar-refractivity contribution in [1.82, 2.24) is 4.90 Å². The fourth-order valence-electron chi connectivity index (χ4n) is 3.07. The number of rotatable bonds is 1. The van der Waals surface area contributed by atoms with Gasteiger partial charge in [-0.25, -0.2) is 0 Å². The number of benzene rings is 1. The Bertz CT molecular complexity index is 469. The Balaban J connectivity index is 1.84. The van der Waals surface area contributed by atoms with Gasteiger partial charge in [0, 0.05) is 12.6 Å². The van der Waals surface area contributed by atoms with Crippen molar-refractivity contribution < 1.29 is 0 Å². The predicted octanol–water partition coefficient (Wildman–Crippen LogP) is 2.83. The third kappa shape index (κ3) is 1.87. The molecule has 2 saturated heterocycles. The van der Waals surface area contributed by atoms with Crippen molar-refractivity contribution in [3.05, 3.63) is 41.5 Å². The van der Waals surface area contributed by atoms with Crippen molar-refractivity contribution >= 4 is 6.08 Å². The Morgan fingerprint density at radius 1 is 1.24 bits per heavy atom. The van der Waals surface area contributed by atoms with Gasteiger partial charge < -0.3 is 0 Å². The summed E-state index contributed by atoms with van der Waals surface area (Å²) in [5.74, 6) is 0. The van der Waals surface area contributed by atoms with Gasteiger partial charge in [-0.15, -0.1) is 0 Å². The third-order valence-corrected chi connectivity index (χ3v) is 3.90. The Hall–Kier alpha value is -1.59. The van der Waals surface area contributed by atoms with Gasteiger partial charge in [0.05, 0.1) is 12.1 Å². The first-order chi connectivity index (χ1) is 8.38. The standard InChI is InChI=1S/C15H16N2/c16-11-14-6-7-15-13(8-9-17(14)15)10-12-4-2-1-3-5-12/h1-5,10,14-15H,6-9H2/b13-10+/t14-,15+/m0/s1. The molecule has 2 heterocycles. The molecule has 2 nitrogen and oxygen atoms in total. The van der Waals surface area contributed by atoms with E-state index in [0.717, 1.165) is 25.8 Å². The Morgan fingerprint density at radius 3 is 2.82 bits per heavy atom. The minimum atomic E-state index is 0.154. The van der Waals surface area contributed by atoms with Gasteiger partial charge in [-0.05, 0) is 24.8 Å². The third-order valence-electron chi connectivity index (χ3n) is 3.90. The zero-order valence-electron chi connectivity index (χ0n) is 9.84. The predicted molar refractivity (Wildman–Crippen MR) is 68.2 cm³/mol. The average Bonchev–Trinajstić information content (AvgIpc) is 2.93. The topological polar surface area (TPSA) is 27.0 Å². The molecule has 1 aromatic carbocycles. The minimum absolute atomic E-state index is 0.154. The van der Waals surface area contributed by atoms with Crippen LogP contribution in [-0.2, 0) is 0 Å². The SMILES string of the molecule is N#C[C@@H]1CC[C@@H]2/C(=C/c3ccccc3)CCN12. The highest BCUT2D eigenvalue weighted by Gasteiger charge is 2.39. The van der Waals surface area contributed by atoms with Gasteiger partial charge in [-0.2, -0.15) is 5.26 Å².